The molecule has 3 aromatic rings. The number of amides is 1. The molecule has 0 radical (unpaired) electrons. The number of carbonyl (C=O) groups is 1. The quantitative estimate of drug-likeness (QED) is 0.650. The average Bonchev–Trinajstić information content (AvgIpc) is 3.28. The van der Waals surface area contributed by atoms with Crippen molar-refractivity contribution < 1.29 is 9.21 Å². The van der Waals surface area contributed by atoms with Crippen molar-refractivity contribution >= 4 is 22.9 Å². The van der Waals surface area contributed by atoms with Crippen molar-refractivity contribution in [3.05, 3.63) is 53.2 Å². The van der Waals surface area contributed by atoms with E-state index < -0.39 is 0 Å². The number of rotatable bonds is 8. The molecule has 0 aliphatic rings. The molecule has 1 aromatic carbocycles. The summed E-state index contributed by atoms with van der Waals surface area (Å²) >= 11 is 1.56. The summed E-state index contributed by atoms with van der Waals surface area (Å²) in [5.74, 6) is 0.987. The highest BCUT2D eigenvalue weighted by molar-refractivity contribution is 7.13. The fraction of sp³-hybridized carbons (Fsp3) is 0.316. The highest BCUT2D eigenvalue weighted by Crippen LogP contribution is 2.23. The number of hydrogen-bond donors (Lipinski definition) is 1. The molecule has 1 N–H and O–H groups in total. The fourth-order valence-corrected chi connectivity index (χ4v) is 3.22. The number of aryl methyl sites for hydroxylation is 1. The Bertz CT molecular complexity index is 828. The summed E-state index contributed by atoms with van der Waals surface area (Å²) in [4.78, 5) is 15.3. The Labute approximate surface area is 156 Å². The second-order valence-corrected chi connectivity index (χ2v) is 7.05. The largest absolute Gasteiger partial charge is 0.419 e. The predicted molar refractivity (Wildman–Crippen MR) is 103 cm³/mol. The van der Waals surface area contributed by atoms with E-state index in [-0.39, 0.29) is 12.5 Å². The summed E-state index contributed by atoms with van der Waals surface area (Å²) in [5.41, 5.74) is 1.96. The lowest BCUT2D eigenvalue weighted by molar-refractivity contribution is -0.117. The van der Waals surface area contributed by atoms with Crippen molar-refractivity contribution in [3.8, 4) is 10.8 Å². The van der Waals surface area contributed by atoms with Gasteiger partial charge in [0.1, 0.15) is 0 Å². The topological polar surface area (TPSA) is 71.3 Å². The smallest absolute Gasteiger partial charge is 0.257 e. The van der Waals surface area contributed by atoms with Crippen LogP contribution >= 0.6 is 11.3 Å². The molecule has 2 heterocycles. The van der Waals surface area contributed by atoms with Crippen LogP contribution in [-0.4, -0.2) is 34.1 Å². The maximum Gasteiger partial charge on any atom is 0.257 e. The van der Waals surface area contributed by atoms with E-state index in [9.17, 15) is 4.79 Å². The Kier molecular flexibility index (Phi) is 6.14. The van der Waals surface area contributed by atoms with Crippen LogP contribution in [0.15, 0.2) is 46.2 Å². The van der Waals surface area contributed by atoms with E-state index in [2.05, 4.69) is 22.4 Å². The van der Waals surface area contributed by atoms with Crippen LogP contribution in [0.2, 0.25) is 0 Å². The molecule has 0 saturated heterocycles. The van der Waals surface area contributed by atoms with Gasteiger partial charge < -0.3 is 9.73 Å². The van der Waals surface area contributed by atoms with Crippen LogP contribution in [-0.2, 0) is 11.3 Å². The van der Waals surface area contributed by atoms with Crippen molar-refractivity contribution in [2.24, 2.45) is 0 Å². The molecule has 0 aliphatic carbocycles. The molecule has 3 rings (SSSR count). The summed E-state index contributed by atoms with van der Waals surface area (Å²) in [6, 6.07) is 11.7. The molecule has 26 heavy (non-hydrogen) atoms. The second kappa shape index (κ2) is 8.73. The van der Waals surface area contributed by atoms with Gasteiger partial charge in [-0.3, -0.25) is 9.69 Å². The van der Waals surface area contributed by atoms with Gasteiger partial charge in [0, 0.05) is 5.69 Å². The van der Waals surface area contributed by atoms with E-state index in [1.54, 1.807) is 11.3 Å². The summed E-state index contributed by atoms with van der Waals surface area (Å²) in [5, 5.41) is 13.1. The molecule has 6 nitrogen and oxygen atoms in total. The highest BCUT2D eigenvalue weighted by atomic mass is 32.1. The van der Waals surface area contributed by atoms with Gasteiger partial charge in [0.2, 0.25) is 11.8 Å². The molecule has 136 valence electrons. The zero-order valence-corrected chi connectivity index (χ0v) is 15.8. The molecule has 0 saturated carbocycles. The minimum Gasteiger partial charge on any atom is -0.419 e. The lowest BCUT2D eigenvalue weighted by Crippen LogP contribution is -2.33. The summed E-state index contributed by atoms with van der Waals surface area (Å²) < 4.78 is 5.73. The first-order valence-corrected chi connectivity index (χ1v) is 9.47. The van der Waals surface area contributed by atoms with Crippen molar-refractivity contribution in [2.45, 2.75) is 26.8 Å². The van der Waals surface area contributed by atoms with Gasteiger partial charge >= 0.3 is 0 Å². The molecule has 0 unspecified atom stereocenters. The zero-order chi connectivity index (χ0) is 18.4. The Morgan fingerprint density at radius 3 is 2.73 bits per heavy atom. The van der Waals surface area contributed by atoms with Crippen LogP contribution in [0.3, 0.4) is 0 Å². The third kappa shape index (κ3) is 5.00. The molecule has 0 atom stereocenters. The number of carbonyl (C=O) groups excluding carboxylic acids is 1. The number of anilines is 1. The van der Waals surface area contributed by atoms with Gasteiger partial charge in [-0.25, -0.2) is 0 Å². The van der Waals surface area contributed by atoms with Gasteiger partial charge in [0.25, 0.3) is 5.89 Å². The normalized spacial score (nSPS) is 11.0. The average molecular weight is 370 g/mol. The third-order valence-corrected chi connectivity index (χ3v) is 4.66. The van der Waals surface area contributed by atoms with Gasteiger partial charge in [0.05, 0.1) is 18.0 Å². The number of thiophene rings is 1. The molecule has 0 aliphatic heterocycles. The van der Waals surface area contributed by atoms with Crippen molar-refractivity contribution in [1.29, 1.82) is 0 Å². The lowest BCUT2D eigenvalue weighted by Gasteiger charge is -2.19. The number of aromatic nitrogens is 2. The molecule has 2 aromatic heterocycles. The Morgan fingerprint density at radius 1 is 1.23 bits per heavy atom. The van der Waals surface area contributed by atoms with Gasteiger partial charge in [0.15, 0.2) is 0 Å². The Balaban J connectivity index is 1.59. The highest BCUT2D eigenvalue weighted by Gasteiger charge is 2.16. The first kappa shape index (κ1) is 18.3. The minimum atomic E-state index is -0.0553. The van der Waals surface area contributed by atoms with E-state index in [1.165, 1.54) is 0 Å². The van der Waals surface area contributed by atoms with Crippen LogP contribution in [0.4, 0.5) is 5.69 Å². The van der Waals surface area contributed by atoms with E-state index in [1.807, 2.05) is 53.6 Å². The van der Waals surface area contributed by atoms with E-state index >= 15 is 0 Å². The molecule has 1 amide bonds. The lowest BCUT2D eigenvalue weighted by atomic mass is 10.2. The number of nitrogens with zero attached hydrogens (tertiary/aromatic N) is 3. The first-order valence-electron chi connectivity index (χ1n) is 8.59. The van der Waals surface area contributed by atoms with Gasteiger partial charge in [-0.1, -0.05) is 30.7 Å². The van der Waals surface area contributed by atoms with Crippen molar-refractivity contribution in [1.82, 2.24) is 15.1 Å². The number of hydrogen-bond acceptors (Lipinski definition) is 6. The fourth-order valence-electron chi connectivity index (χ4n) is 2.58. The minimum absolute atomic E-state index is 0.0553. The van der Waals surface area contributed by atoms with Gasteiger partial charge in [-0.2, -0.15) is 0 Å². The molecular weight excluding hydrogens is 348 g/mol. The molecule has 0 bridgehead atoms. The predicted octanol–water partition coefficient (Wildman–Crippen LogP) is 3.96. The summed E-state index contributed by atoms with van der Waals surface area (Å²) in [6.07, 6.45) is 0.934. The first-order chi connectivity index (χ1) is 12.6. The Hall–Kier alpha value is -2.51. The molecule has 0 spiro atoms. The van der Waals surface area contributed by atoms with Crippen molar-refractivity contribution in [3.63, 3.8) is 0 Å². The standard InChI is InChI=1S/C19H22N4O2S/c1-3-10-23(12-17(24)20-15-8-6-14(2)7-9-15)13-18-21-22-19(25-18)16-5-4-11-26-16/h4-9,11H,3,10,12-13H2,1-2H3,(H,20,24). The van der Waals surface area contributed by atoms with Crippen LogP contribution in [0.1, 0.15) is 24.8 Å². The van der Waals surface area contributed by atoms with Crippen LogP contribution in [0.25, 0.3) is 10.8 Å². The third-order valence-electron chi connectivity index (χ3n) is 3.80. The maximum atomic E-state index is 12.3. The maximum absolute atomic E-state index is 12.3. The molecular formula is C19H22N4O2S. The number of benzene rings is 1. The van der Waals surface area contributed by atoms with Crippen LogP contribution < -0.4 is 5.32 Å². The van der Waals surface area contributed by atoms with Crippen LogP contribution in [0.5, 0.6) is 0 Å². The van der Waals surface area contributed by atoms with Gasteiger partial charge in [-0.05, 0) is 43.5 Å². The van der Waals surface area contributed by atoms with Gasteiger partial charge in [-0.15, -0.1) is 21.5 Å². The summed E-state index contributed by atoms with van der Waals surface area (Å²) in [6.45, 7) is 5.60. The Morgan fingerprint density at radius 2 is 2.04 bits per heavy atom. The molecule has 7 heteroatoms. The number of nitrogens with one attached hydrogen (secondary N) is 1. The summed E-state index contributed by atoms with van der Waals surface area (Å²) in [7, 11) is 0. The van der Waals surface area contributed by atoms with E-state index in [0.717, 1.165) is 29.1 Å². The SMILES string of the molecule is CCCN(CC(=O)Nc1ccc(C)cc1)Cc1nnc(-c2cccs2)o1. The van der Waals surface area contributed by atoms with Crippen molar-refractivity contribution in [2.75, 3.05) is 18.4 Å². The second-order valence-electron chi connectivity index (χ2n) is 6.10. The monoisotopic (exact) mass is 370 g/mol. The van der Waals surface area contributed by atoms with Crippen LogP contribution in [0, 0.1) is 6.92 Å². The molecule has 0 fully saturated rings. The van der Waals surface area contributed by atoms with E-state index in [0.29, 0.717) is 18.3 Å². The van der Waals surface area contributed by atoms with E-state index in [4.69, 9.17) is 4.42 Å². The zero-order valence-electron chi connectivity index (χ0n) is 14.9.